The Morgan fingerprint density at radius 3 is 2.57 bits per heavy atom. The van der Waals surface area contributed by atoms with E-state index in [9.17, 15) is 4.79 Å². The SMILES string of the molecule is CCC(CC)(CN)C(=O)NC(C)c1ccccc1-n1cccn1. The number of nitrogens with one attached hydrogen (secondary N) is 1. The number of carbonyl (C=O) groups excluding carboxylic acids is 1. The number of hydrogen-bond acceptors (Lipinski definition) is 3. The van der Waals surface area contributed by atoms with Gasteiger partial charge in [-0.25, -0.2) is 4.68 Å². The van der Waals surface area contributed by atoms with E-state index < -0.39 is 5.41 Å². The minimum absolute atomic E-state index is 0.0211. The van der Waals surface area contributed by atoms with Gasteiger partial charge in [0.1, 0.15) is 0 Å². The lowest BCUT2D eigenvalue weighted by Crippen LogP contribution is -2.46. The van der Waals surface area contributed by atoms with Crippen molar-refractivity contribution >= 4 is 5.91 Å². The third kappa shape index (κ3) is 3.45. The number of hydrogen-bond donors (Lipinski definition) is 2. The molecule has 0 aliphatic heterocycles. The molecular weight excluding hydrogens is 288 g/mol. The molecule has 0 saturated carbocycles. The van der Waals surface area contributed by atoms with Crippen LogP contribution in [-0.4, -0.2) is 22.2 Å². The van der Waals surface area contributed by atoms with Crippen LogP contribution in [0.5, 0.6) is 0 Å². The van der Waals surface area contributed by atoms with E-state index in [4.69, 9.17) is 5.73 Å². The summed E-state index contributed by atoms with van der Waals surface area (Å²) < 4.78 is 1.81. The first kappa shape index (κ1) is 17.2. The lowest BCUT2D eigenvalue weighted by Gasteiger charge is -2.30. The maximum absolute atomic E-state index is 12.7. The van der Waals surface area contributed by atoms with Gasteiger partial charge in [0.2, 0.25) is 5.91 Å². The summed E-state index contributed by atoms with van der Waals surface area (Å²) in [6, 6.07) is 9.73. The van der Waals surface area contributed by atoms with Crippen molar-refractivity contribution in [1.82, 2.24) is 15.1 Å². The fourth-order valence-corrected chi connectivity index (χ4v) is 2.85. The molecule has 0 fully saturated rings. The van der Waals surface area contributed by atoms with Gasteiger partial charge in [-0.3, -0.25) is 4.79 Å². The molecule has 23 heavy (non-hydrogen) atoms. The van der Waals surface area contributed by atoms with Crippen molar-refractivity contribution < 1.29 is 4.79 Å². The van der Waals surface area contributed by atoms with E-state index >= 15 is 0 Å². The second-order valence-electron chi connectivity index (χ2n) is 5.90. The summed E-state index contributed by atoms with van der Waals surface area (Å²) in [5, 5.41) is 7.42. The first-order chi connectivity index (χ1) is 11.1. The summed E-state index contributed by atoms with van der Waals surface area (Å²) in [6.07, 6.45) is 5.11. The average Bonchev–Trinajstić information content (AvgIpc) is 3.11. The first-order valence-corrected chi connectivity index (χ1v) is 8.18. The Bertz CT molecular complexity index is 624. The van der Waals surface area contributed by atoms with Crippen molar-refractivity contribution in [3.8, 4) is 5.69 Å². The molecule has 1 atom stereocenters. The highest BCUT2D eigenvalue weighted by Gasteiger charge is 2.34. The lowest BCUT2D eigenvalue weighted by molar-refractivity contribution is -0.131. The van der Waals surface area contributed by atoms with E-state index in [-0.39, 0.29) is 11.9 Å². The molecule has 0 aliphatic carbocycles. The van der Waals surface area contributed by atoms with Crippen LogP contribution >= 0.6 is 0 Å². The summed E-state index contributed by atoms with van der Waals surface area (Å²) in [6.45, 7) is 6.38. The molecule has 5 heteroatoms. The van der Waals surface area contributed by atoms with Gasteiger partial charge in [0.15, 0.2) is 0 Å². The van der Waals surface area contributed by atoms with Crippen molar-refractivity contribution in [2.75, 3.05) is 6.54 Å². The molecule has 1 aromatic carbocycles. The van der Waals surface area contributed by atoms with Crippen LogP contribution < -0.4 is 11.1 Å². The van der Waals surface area contributed by atoms with Gasteiger partial charge in [0.25, 0.3) is 0 Å². The van der Waals surface area contributed by atoms with Crippen LogP contribution in [0.1, 0.15) is 45.2 Å². The largest absolute Gasteiger partial charge is 0.349 e. The number of nitrogens with zero attached hydrogens (tertiary/aromatic N) is 2. The van der Waals surface area contributed by atoms with E-state index in [1.165, 1.54) is 0 Å². The highest BCUT2D eigenvalue weighted by molar-refractivity contribution is 5.83. The Morgan fingerprint density at radius 2 is 2.00 bits per heavy atom. The molecule has 2 aromatic rings. The van der Waals surface area contributed by atoms with Crippen LogP contribution in [-0.2, 0) is 4.79 Å². The molecule has 0 spiro atoms. The third-order valence-electron chi connectivity index (χ3n) is 4.73. The zero-order valence-electron chi connectivity index (χ0n) is 14.1. The number of nitrogens with two attached hydrogens (primary N) is 1. The Kier molecular flexibility index (Phi) is 5.55. The van der Waals surface area contributed by atoms with E-state index in [0.717, 1.165) is 24.1 Å². The minimum Gasteiger partial charge on any atom is -0.349 e. The Labute approximate surface area is 137 Å². The van der Waals surface area contributed by atoms with Gasteiger partial charge >= 0.3 is 0 Å². The van der Waals surface area contributed by atoms with Crippen molar-refractivity contribution in [3.05, 3.63) is 48.3 Å². The number of benzene rings is 1. The maximum Gasteiger partial charge on any atom is 0.227 e. The van der Waals surface area contributed by atoms with Gasteiger partial charge in [-0.2, -0.15) is 5.10 Å². The Morgan fingerprint density at radius 1 is 1.30 bits per heavy atom. The van der Waals surface area contributed by atoms with Crippen LogP contribution in [0.4, 0.5) is 0 Å². The predicted molar refractivity (Wildman–Crippen MR) is 92.2 cm³/mol. The molecule has 0 aliphatic rings. The molecule has 2 rings (SSSR count). The molecule has 0 radical (unpaired) electrons. The van der Waals surface area contributed by atoms with E-state index in [0.29, 0.717) is 6.54 Å². The Hall–Kier alpha value is -2.14. The highest BCUT2D eigenvalue weighted by Crippen LogP contribution is 2.27. The molecule has 0 saturated heterocycles. The number of rotatable bonds is 7. The van der Waals surface area contributed by atoms with Gasteiger partial charge in [0, 0.05) is 18.9 Å². The van der Waals surface area contributed by atoms with Crippen molar-refractivity contribution in [3.63, 3.8) is 0 Å². The van der Waals surface area contributed by atoms with E-state index in [1.54, 1.807) is 6.20 Å². The van der Waals surface area contributed by atoms with Crippen LogP contribution in [0, 0.1) is 5.41 Å². The molecule has 1 heterocycles. The van der Waals surface area contributed by atoms with Gasteiger partial charge in [-0.15, -0.1) is 0 Å². The van der Waals surface area contributed by atoms with Gasteiger partial charge in [-0.05, 0) is 37.5 Å². The monoisotopic (exact) mass is 314 g/mol. The average molecular weight is 314 g/mol. The zero-order valence-corrected chi connectivity index (χ0v) is 14.1. The Balaban J connectivity index is 2.25. The molecule has 3 N–H and O–H groups in total. The second kappa shape index (κ2) is 7.42. The number of carbonyl (C=O) groups is 1. The summed E-state index contributed by atoms with van der Waals surface area (Å²) >= 11 is 0. The van der Waals surface area contributed by atoms with Crippen LogP contribution in [0.15, 0.2) is 42.7 Å². The van der Waals surface area contributed by atoms with Crippen LogP contribution in [0.25, 0.3) is 5.69 Å². The molecule has 1 amide bonds. The topological polar surface area (TPSA) is 72.9 Å². The van der Waals surface area contributed by atoms with Crippen LogP contribution in [0.2, 0.25) is 0 Å². The highest BCUT2D eigenvalue weighted by atomic mass is 16.2. The van der Waals surface area contributed by atoms with Gasteiger partial charge < -0.3 is 11.1 Å². The van der Waals surface area contributed by atoms with Crippen molar-refractivity contribution in [2.24, 2.45) is 11.1 Å². The fourth-order valence-electron chi connectivity index (χ4n) is 2.85. The zero-order chi connectivity index (χ0) is 16.9. The molecule has 1 unspecified atom stereocenters. The number of amides is 1. The smallest absolute Gasteiger partial charge is 0.227 e. The van der Waals surface area contributed by atoms with E-state index in [2.05, 4.69) is 10.4 Å². The predicted octanol–water partition coefficient (Wildman–Crippen LogP) is 2.81. The maximum atomic E-state index is 12.7. The lowest BCUT2D eigenvalue weighted by atomic mass is 9.81. The standard InChI is InChI=1S/C18H26N4O/c1-4-18(5-2,13-19)17(23)21-14(3)15-9-6-7-10-16(15)22-12-8-11-20-22/h6-12,14H,4-5,13,19H2,1-3H3,(H,21,23). The normalized spacial score (nSPS) is 12.9. The number of aromatic nitrogens is 2. The first-order valence-electron chi connectivity index (χ1n) is 8.18. The summed E-state index contributed by atoms with van der Waals surface area (Å²) in [4.78, 5) is 12.7. The summed E-state index contributed by atoms with van der Waals surface area (Å²) in [5.74, 6) is 0.0211. The molecule has 124 valence electrons. The molecular formula is C18H26N4O. The fraction of sp³-hybridized carbons (Fsp3) is 0.444. The van der Waals surface area contributed by atoms with Crippen molar-refractivity contribution in [2.45, 2.75) is 39.7 Å². The molecule has 5 nitrogen and oxygen atoms in total. The van der Waals surface area contributed by atoms with E-state index in [1.807, 2.05) is 62.0 Å². The minimum atomic E-state index is -0.491. The summed E-state index contributed by atoms with van der Waals surface area (Å²) in [7, 11) is 0. The second-order valence-corrected chi connectivity index (χ2v) is 5.90. The van der Waals surface area contributed by atoms with Gasteiger partial charge in [-0.1, -0.05) is 32.0 Å². The van der Waals surface area contributed by atoms with Crippen molar-refractivity contribution in [1.29, 1.82) is 0 Å². The molecule has 0 bridgehead atoms. The third-order valence-corrected chi connectivity index (χ3v) is 4.73. The summed E-state index contributed by atoms with van der Waals surface area (Å²) in [5.41, 5.74) is 7.38. The van der Waals surface area contributed by atoms with Crippen LogP contribution in [0.3, 0.4) is 0 Å². The quantitative estimate of drug-likeness (QED) is 0.825. The molecule has 1 aromatic heterocycles. The number of para-hydroxylation sites is 1. The van der Waals surface area contributed by atoms with Gasteiger partial charge in [0.05, 0.1) is 17.1 Å².